The number of anilines is 2. The minimum atomic E-state index is -4.15. The summed E-state index contributed by atoms with van der Waals surface area (Å²) in [6.45, 7) is 10.1. The number of pyridine rings is 2. The predicted molar refractivity (Wildman–Crippen MR) is 129 cm³/mol. The van der Waals surface area contributed by atoms with Crippen LogP contribution in [0.2, 0.25) is 0 Å². The smallest absolute Gasteiger partial charge is 0.281 e. The molecule has 0 bridgehead atoms. The maximum atomic E-state index is 13.1. The van der Waals surface area contributed by atoms with E-state index in [9.17, 15) is 13.2 Å². The van der Waals surface area contributed by atoms with Crippen LogP contribution in [-0.4, -0.2) is 49.0 Å². The fourth-order valence-electron chi connectivity index (χ4n) is 4.78. The Hall–Kier alpha value is -2.68. The third-order valence-corrected chi connectivity index (χ3v) is 8.51. The van der Waals surface area contributed by atoms with Crippen molar-refractivity contribution in [3.8, 4) is 0 Å². The number of hydrogen-bond acceptors (Lipinski definition) is 7. The lowest BCUT2D eigenvalue weighted by molar-refractivity contribution is 0.0981. The third kappa shape index (κ3) is 4.55. The van der Waals surface area contributed by atoms with Gasteiger partial charge in [0, 0.05) is 30.9 Å². The average molecular weight is 472 g/mol. The van der Waals surface area contributed by atoms with Crippen molar-refractivity contribution in [1.82, 2.24) is 14.7 Å². The summed E-state index contributed by atoms with van der Waals surface area (Å²) >= 11 is 0. The highest BCUT2D eigenvalue weighted by molar-refractivity contribution is 7.90. The average Bonchev–Trinajstić information content (AvgIpc) is 3.06. The Balaban J connectivity index is 1.59. The summed E-state index contributed by atoms with van der Waals surface area (Å²) in [6.07, 6.45) is 5.87. The molecule has 33 heavy (non-hydrogen) atoms. The number of sulfonamides is 1. The molecule has 1 N–H and O–H groups in total. The molecule has 4 heterocycles. The van der Waals surface area contributed by atoms with E-state index in [0.29, 0.717) is 23.6 Å². The van der Waals surface area contributed by atoms with Gasteiger partial charge in [-0.2, -0.15) is 8.42 Å². The van der Waals surface area contributed by atoms with Gasteiger partial charge in [0.25, 0.3) is 15.9 Å². The standard InChI is InChI=1S/C24H33N5O3S/c1-17-13-16-29(24(17,3)4)22-19(10-8-14-25-22)23(30)27-33(31,32)21-12-7-11-20(26-21)28-15-6-5-9-18(28)2/h7-8,10-12,14,17-18H,5-6,9,13,15-16H2,1-4H3,(H,27,30). The number of aromatic nitrogens is 2. The molecule has 2 unspecified atom stereocenters. The molecule has 8 nitrogen and oxygen atoms in total. The first-order valence-corrected chi connectivity index (χ1v) is 13.1. The van der Waals surface area contributed by atoms with Gasteiger partial charge in [-0.1, -0.05) is 13.0 Å². The van der Waals surface area contributed by atoms with E-state index in [1.807, 2.05) is 6.07 Å². The monoisotopic (exact) mass is 471 g/mol. The predicted octanol–water partition coefficient (Wildman–Crippen LogP) is 3.60. The SMILES string of the molecule is CC1CCCCN1c1cccc(S(=O)(=O)NC(=O)c2cccnc2N2CCC(C)C2(C)C)n1. The minimum Gasteiger partial charge on any atom is -0.354 e. The van der Waals surface area contributed by atoms with Crippen LogP contribution in [0.5, 0.6) is 0 Å². The fourth-order valence-corrected chi connectivity index (χ4v) is 5.71. The Morgan fingerprint density at radius 3 is 2.58 bits per heavy atom. The number of rotatable bonds is 5. The van der Waals surface area contributed by atoms with Gasteiger partial charge in [0.1, 0.15) is 11.6 Å². The number of piperidine rings is 1. The summed E-state index contributed by atoms with van der Waals surface area (Å²) in [5, 5.41) is -0.160. The summed E-state index contributed by atoms with van der Waals surface area (Å²) in [7, 11) is -4.15. The molecule has 2 saturated heterocycles. The number of carbonyl (C=O) groups excluding carboxylic acids is 1. The molecule has 2 aliphatic heterocycles. The molecule has 2 fully saturated rings. The molecule has 178 valence electrons. The molecule has 1 amide bonds. The van der Waals surface area contributed by atoms with E-state index in [1.165, 1.54) is 6.07 Å². The van der Waals surface area contributed by atoms with E-state index in [1.54, 1.807) is 24.4 Å². The summed E-state index contributed by atoms with van der Waals surface area (Å²) in [5.41, 5.74) is 0.0487. The molecule has 0 radical (unpaired) electrons. The maximum Gasteiger partial charge on any atom is 0.281 e. The van der Waals surface area contributed by atoms with Crippen molar-refractivity contribution < 1.29 is 13.2 Å². The lowest BCUT2D eigenvalue weighted by Gasteiger charge is -2.36. The first-order chi connectivity index (χ1) is 15.6. The van der Waals surface area contributed by atoms with Crippen molar-refractivity contribution in [3.63, 3.8) is 0 Å². The highest BCUT2D eigenvalue weighted by atomic mass is 32.2. The van der Waals surface area contributed by atoms with Crippen molar-refractivity contribution in [1.29, 1.82) is 0 Å². The molecular formula is C24H33N5O3S. The zero-order valence-electron chi connectivity index (χ0n) is 19.8. The van der Waals surface area contributed by atoms with Gasteiger partial charge in [-0.15, -0.1) is 0 Å². The Bertz CT molecular complexity index is 1130. The summed E-state index contributed by atoms with van der Waals surface area (Å²) in [6, 6.07) is 8.47. The molecule has 2 aromatic heterocycles. The van der Waals surface area contributed by atoms with Gasteiger partial charge in [0.15, 0.2) is 5.03 Å². The molecular weight excluding hydrogens is 438 g/mol. The van der Waals surface area contributed by atoms with E-state index in [2.05, 4.69) is 52.2 Å². The third-order valence-electron chi connectivity index (χ3n) is 7.28. The zero-order chi connectivity index (χ0) is 23.8. The molecule has 0 aromatic carbocycles. The van der Waals surface area contributed by atoms with Crippen LogP contribution in [0.25, 0.3) is 0 Å². The summed E-state index contributed by atoms with van der Waals surface area (Å²) in [4.78, 5) is 26.2. The molecule has 0 spiro atoms. The van der Waals surface area contributed by atoms with Gasteiger partial charge < -0.3 is 9.80 Å². The van der Waals surface area contributed by atoms with Crippen molar-refractivity contribution in [2.45, 2.75) is 70.0 Å². The van der Waals surface area contributed by atoms with E-state index >= 15 is 0 Å². The second kappa shape index (κ2) is 8.93. The lowest BCUT2D eigenvalue weighted by atomic mass is 9.90. The fraction of sp³-hybridized carbons (Fsp3) is 0.542. The molecule has 0 aliphatic carbocycles. The van der Waals surface area contributed by atoms with Crippen LogP contribution < -0.4 is 14.5 Å². The topological polar surface area (TPSA) is 95.5 Å². The molecule has 2 aromatic rings. The normalized spacial score (nSPS) is 22.9. The van der Waals surface area contributed by atoms with Crippen molar-refractivity contribution >= 4 is 27.6 Å². The minimum absolute atomic E-state index is 0.160. The van der Waals surface area contributed by atoms with Crippen molar-refractivity contribution in [2.24, 2.45) is 5.92 Å². The molecule has 4 rings (SSSR count). The Morgan fingerprint density at radius 1 is 1.09 bits per heavy atom. The van der Waals surface area contributed by atoms with Gasteiger partial charge in [-0.05, 0) is 76.6 Å². The van der Waals surface area contributed by atoms with E-state index < -0.39 is 15.9 Å². The first-order valence-electron chi connectivity index (χ1n) is 11.6. The molecule has 0 saturated carbocycles. The van der Waals surface area contributed by atoms with E-state index in [0.717, 1.165) is 38.8 Å². The second-order valence-electron chi connectivity index (χ2n) is 9.68. The van der Waals surface area contributed by atoms with Crippen LogP contribution in [0.3, 0.4) is 0 Å². The first kappa shape index (κ1) is 23.5. The molecule has 9 heteroatoms. The van der Waals surface area contributed by atoms with Gasteiger partial charge in [0.05, 0.1) is 5.56 Å². The Morgan fingerprint density at radius 2 is 1.88 bits per heavy atom. The van der Waals surface area contributed by atoms with Crippen LogP contribution in [0, 0.1) is 5.92 Å². The van der Waals surface area contributed by atoms with Crippen LogP contribution in [0.1, 0.15) is 63.7 Å². The summed E-state index contributed by atoms with van der Waals surface area (Å²) in [5.74, 6) is 0.839. The number of carbonyl (C=O) groups is 1. The number of nitrogens with one attached hydrogen (secondary N) is 1. The van der Waals surface area contributed by atoms with Crippen LogP contribution in [-0.2, 0) is 10.0 Å². The lowest BCUT2D eigenvalue weighted by Crippen LogP contribution is -2.43. The number of hydrogen-bond donors (Lipinski definition) is 1. The Kier molecular flexibility index (Phi) is 6.35. The van der Waals surface area contributed by atoms with Crippen LogP contribution in [0.15, 0.2) is 41.6 Å². The highest BCUT2D eigenvalue weighted by Crippen LogP contribution is 2.38. The van der Waals surface area contributed by atoms with Gasteiger partial charge in [0.2, 0.25) is 0 Å². The zero-order valence-corrected chi connectivity index (χ0v) is 20.6. The molecule has 2 aliphatic rings. The Labute approximate surface area is 196 Å². The largest absolute Gasteiger partial charge is 0.354 e. The maximum absolute atomic E-state index is 13.1. The van der Waals surface area contributed by atoms with Crippen molar-refractivity contribution in [3.05, 3.63) is 42.1 Å². The highest BCUT2D eigenvalue weighted by Gasteiger charge is 2.40. The van der Waals surface area contributed by atoms with E-state index in [-0.39, 0.29) is 16.1 Å². The number of amides is 1. The van der Waals surface area contributed by atoms with E-state index in [4.69, 9.17) is 0 Å². The summed E-state index contributed by atoms with van der Waals surface area (Å²) < 4.78 is 28.4. The quantitative estimate of drug-likeness (QED) is 0.712. The van der Waals surface area contributed by atoms with Crippen LogP contribution >= 0.6 is 0 Å². The van der Waals surface area contributed by atoms with Gasteiger partial charge in [-0.3, -0.25) is 4.79 Å². The van der Waals surface area contributed by atoms with Crippen molar-refractivity contribution in [2.75, 3.05) is 22.9 Å². The molecule has 2 atom stereocenters. The van der Waals surface area contributed by atoms with Crippen LogP contribution in [0.4, 0.5) is 11.6 Å². The van der Waals surface area contributed by atoms with Gasteiger partial charge >= 0.3 is 0 Å². The van der Waals surface area contributed by atoms with Gasteiger partial charge in [-0.25, -0.2) is 14.7 Å². The second-order valence-corrected chi connectivity index (χ2v) is 11.3. The number of nitrogens with zero attached hydrogens (tertiary/aromatic N) is 4.